The van der Waals surface area contributed by atoms with Crippen LogP contribution in [0.4, 0.5) is 5.82 Å². The molecule has 26 heavy (non-hydrogen) atoms. The fraction of sp³-hybridized carbons (Fsp3) is 0.667. The Morgan fingerprint density at radius 2 is 2.19 bits per heavy atom. The lowest BCUT2D eigenvalue weighted by Crippen LogP contribution is -2.34. The summed E-state index contributed by atoms with van der Waals surface area (Å²) in [6.45, 7) is 8.69. The van der Waals surface area contributed by atoms with Crippen molar-refractivity contribution in [2.45, 2.75) is 51.0 Å². The van der Waals surface area contributed by atoms with E-state index in [4.69, 9.17) is 24.5 Å². The molecule has 0 saturated carbocycles. The van der Waals surface area contributed by atoms with Crippen molar-refractivity contribution in [1.29, 1.82) is 0 Å². The Hall–Kier alpha value is -0.930. The van der Waals surface area contributed by atoms with Gasteiger partial charge in [0.1, 0.15) is 10.6 Å². The van der Waals surface area contributed by atoms with Crippen molar-refractivity contribution in [1.82, 2.24) is 9.97 Å². The summed E-state index contributed by atoms with van der Waals surface area (Å²) in [6.07, 6.45) is 1.87. The fourth-order valence-corrected chi connectivity index (χ4v) is 4.74. The van der Waals surface area contributed by atoms with Crippen molar-refractivity contribution in [3.05, 3.63) is 10.4 Å². The summed E-state index contributed by atoms with van der Waals surface area (Å²) in [5.41, 5.74) is 1.20. The molecule has 6 nitrogen and oxygen atoms in total. The average molecular weight is 398 g/mol. The van der Waals surface area contributed by atoms with Gasteiger partial charge in [-0.15, -0.1) is 11.3 Å². The summed E-state index contributed by atoms with van der Waals surface area (Å²) in [4.78, 5) is 11.8. The Bertz CT molecular complexity index is 753. The predicted molar refractivity (Wildman–Crippen MR) is 107 cm³/mol. The van der Waals surface area contributed by atoms with Crippen molar-refractivity contribution in [2.24, 2.45) is 0 Å². The first-order valence-corrected chi connectivity index (χ1v) is 10.9. The molecule has 2 N–H and O–H groups in total. The number of fused-ring (bicyclic) bond motifs is 3. The van der Waals surface area contributed by atoms with Crippen molar-refractivity contribution < 1.29 is 14.6 Å². The highest BCUT2D eigenvalue weighted by Gasteiger charge is 2.33. The number of ether oxygens (including phenoxy) is 2. The number of anilines is 1. The first kappa shape index (κ1) is 19.8. The van der Waals surface area contributed by atoms with Gasteiger partial charge in [0.2, 0.25) is 0 Å². The standard InChI is InChI=1S/C18H27N3O3S2/c1-4-18(3)10-12-13(11-24-18)26-16-14(12)15(19-6-8-23-9-7-22)20-17(21-16)25-5-2/h22H,4-11H2,1-3H3,(H,19,20,21). The second-order valence-corrected chi connectivity index (χ2v) is 8.82. The Balaban J connectivity index is 1.93. The predicted octanol–water partition coefficient (Wildman–Crippen LogP) is 3.47. The monoisotopic (exact) mass is 397 g/mol. The summed E-state index contributed by atoms with van der Waals surface area (Å²) < 4.78 is 11.5. The minimum absolute atomic E-state index is 0.0443. The van der Waals surface area contributed by atoms with E-state index in [2.05, 4.69) is 26.1 Å². The third-order valence-electron chi connectivity index (χ3n) is 4.61. The van der Waals surface area contributed by atoms with Crippen molar-refractivity contribution in [3.63, 3.8) is 0 Å². The van der Waals surface area contributed by atoms with Gasteiger partial charge in [-0.1, -0.05) is 25.6 Å². The maximum atomic E-state index is 8.82. The molecule has 1 atom stereocenters. The SMILES string of the molecule is CCSc1nc(NCCOCCO)c2c3c(sc2n1)COC(C)(CC)C3. The Kier molecular flexibility index (Phi) is 6.74. The molecule has 0 fully saturated rings. The maximum absolute atomic E-state index is 8.82. The number of rotatable bonds is 9. The van der Waals surface area contributed by atoms with E-state index in [1.165, 1.54) is 10.4 Å². The maximum Gasteiger partial charge on any atom is 0.190 e. The van der Waals surface area contributed by atoms with Crippen LogP contribution in [0, 0.1) is 0 Å². The Morgan fingerprint density at radius 1 is 1.35 bits per heavy atom. The molecule has 144 valence electrons. The second kappa shape index (κ2) is 8.84. The largest absolute Gasteiger partial charge is 0.394 e. The number of nitrogens with one attached hydrogen (secondary N) is 1. The zero-order valence-electron chi connectivity index (χ0n) is 15.6. The topological polar surface area (TPSA) is 76.5 Å². The molecule has 3 heterocycles. The third kappa shape index (κ3) is 4.31. The van der Waals surface area contributed by atoms with Crippen LogP contribution in [0.2, 0.25) is 0 Å². The number of aliphatic hydroxyl groups excluding tert-OH is 1. The number of thioether (sulfide) groups is 1. The summed E-state index contributed by atoms with van der Waals surface area (Å²) in [5.74, 6) is 1.82. The van der Waals surface area contributed by atoms with Gasteiger partial charge in [0.05, 0.1) is 37.4 Å². The number of hydrogen-bond donors (Lipinski definition) is 2. The lowest BCUT2D eigenvalue weighted by Gasteiger charge is -2.33. The van der Waals surface area contributed by atoms with E-state index in [-0.39, 0.29) is 12.2 Å². The van der Waals surface area contributed by atoms with Gasteiger partial charge in [-0.3, -0.25) is 0 Å². The van der Waals surface area contributed by atoms with E-state index in [9.17, 15) is 0 Å². The van der Waals surface area contributed by atoms with E-state index in [1.54, 1.807) is 23.1 Å². The van der Waals surface area contributed by atoms with Gasteiger partial charge in [0, 0.05) is 17.8 Å². The van der Waals surface area contributed by atoms with Crippen LogP contribution in [-0.2, 0) is 22.5 Å². The van der Waals surface area contributed by atoms with Gasteiger partial charge in [0.25, 0.3) is 0 Å². The normalized spacial score (nSPS) is 19.7. The molecule has 0 amide bonds. The molecular formula is C18H27N3O3S2. The Labute approximate surface area is 162 Å². The zero-order chi connectivity index (χ0) is 18.6. The minimum atomic E-state index is -0.126. The van der Waals surface area contributed by atoms with Crippen LogP contribution >= 0.6 is 23.1 Å². The molecule has 0 aromatic carbocycles. The molecule has 0 aliphatic carbocycles. The van der Waals surface area contributed by atoms with Gasteiger partial charge >= 0.3 is 0 Å². The van der Waals surface area contributed by atoms with Gasteiger partial charge < -0.3 is 19.9 Å². The van der Waals surface area contributed by atoms with Crippen molar-refractivity contribution in [2.75, 3.05) is 37.4 Å². The molecule has 0 radical (unpaired) electrons. The van der Waals surface area contributed by atoms with Crippen LogP contribution in [0.5, 0.6) is 0 Å². The number of aromatic nitrogens is 2. The van der Waals surface area contributed by atoms with Gasteiger partial charge in [0.15, 0.2) is 5.16 Å². The first-order valence-electron chi connectivity index (χ1n) is 9.11. The second-order valence-electron chi connectivity index (χ2n) is 6.50. The molecule has 3 rings (SSSR count). The van der Waals surface area contributed by atoms with E-state index >= 15 is 0 Å². The molecule has 0 saturated heterocycles. The number of hydrogen-bond acceptors (Lipinski definition) is 8. The van der Waals surface area contributed by atoms with Crippen LogP contribution in [0.1, 0.15) is 37.6 Å². The smallest absolute Gasteiger partial charge is 0.190 e. The molecule has 0 spiro atoms. The fourth-order valence-electron chi connectivity index (χ4n) is 3.01. The lowest BCUT2D eigenvalue weighted by molar-refractivity contribution is -0.0542. The average Bonchev–Trinajstić information content (AvgIpc) is 2.99. The van der Waals surface area contributed by atoms with Crippen molar-refractivity contribution >= 4 is 39.1 Å². The van der Waals surface area contributed by atoms with Gasteiger partial charge in [-0.2, -0.15) is 0 Å². The summed E-state index contributed by atoms with van der Waals surface area (Å²) in [6, 6.07) is 0. The molecule has 1 aliphatic rings. The number of thiophene rings is 1. The number of nitrogens with zero attached hydrogens (tertiary/aromatic N) is 2. The van der Waals surface area contributed by atoms with E-state index in [0.717, 1.165) is 39.8 Å². The van der Waals surface area contributed by atoms with Gasteiger partial charge in [-0.05, 0) is 24.7 Å². The van der Waals surface area contributed by atoms with E-state index in [1.807, 2.05) is 0 Å². The zero-order valence-corrected chi connectivity index (χ0v) is 17.3. The quantitative estimate of drug-likeness (QED) is 0.381. The molecule has 2 aromatic rings. The van der Waals surface area contributed by atoms with Crippen LogP contribution in [0.25, 0.3) is 10.2 Å². The Morgan fingerprint density at radius 3 is 2.92 bits per heavy atom. The molecule has 1 aliphatic heterocycles. The first-order chi connectivity index (χ1) is 12.6. The molecular weight excluding hydrogens is 370 g/mol. The molecule has 0 bridgehead atoms. The van der Waals surface area contributed by atoms with E-state index < -0.39 is 0 Å². The van der Waals surface area contributed by atoms with Crippen LogP contribution in [-0.4, -0.2) is 52.8 Å². The van der Waals surface area contributed by atoms with E-state index in [0.29, 0.717) is 26.4 Å². The highest BCUT2D eigenvalue weighted by molar-refractivity contribution is 7.99. The highest BCUT2D eigenvalue weighted by atomic mass is 32.2. The summed E-state index contributed by atoms with van der Waals surface area (Å²) in [7, 11) is 0. The molecule has 2 aromatic heterocycles. The van der Waals surface area contributed by atoms with Crippen LogP contribution in [0.15, 0.2) is 5.16 Å². The van der Waals surface area contributed by atoms with Gasteiger partial charge in [-0.25, -0.2) is 9.97 Å². The molecule has 8 heteroatoms. The van der Waals surface area contributed by atoms with Crippen LogP contribution in [0.3, 0.4) is 0 Å². The van der Waals surface area contributed by atoms with Crippen LogP contribution < -0.4 is 5.32 Å². The summed E-state index contributed by atoms with van der Waals surface area (Å²) >= 11 is 3.37. The number of aliphatic hydroxyl groups is 1. The highest BCUT2D eigenvalue weighted by Crippen LogP contribution is 2.42. The third-order valence-corrected chi connectivity index (χ3v) is 6.44. The lowest BCUT2D eigenvalue weighted by atomic mass is 9.90. The van der Waals surface area contributed by atoms with Crippen molar-refractivity contribution in [3.8, 4) is 0 Å². The minimum Gasteiger partial charge on any atom is -0.394 e. The molecule has 1 unspecified atom stereocenters. The summed E-state index contributed by atoms with van der Waals surface area (Å²) in [5, 5.41) is 14.2.